The van der Waals surface area contributed by atoms with Crippen LogP contribution in [0.15, 0.2) is 60.7 Å². The minimum absolute atomic E-state index is 0.0328. The fourth-order valence-corrected chi connectivity index (χ4v) is 5.63. The highest BCUT2D eigenvalue weighted by Gasteiger charge is 2.51. The van der Waals surface area contributed by atoms with Gasteiger partial charge in [-0.1, -0.05) is 106 Å². The molecular weight excluding hydrogens is 492 g/mol. The van der Waals surface area contributed by atoms with Crippen LogP contribution in [0.4, 0.5) is 0 Å². The van der Waals surface area contributed by atoms with Crippen molar-refractivity contribution in [3.8, 4) is 0 Å². The highest BCUT2D eigenvalue weighted by molar-refractivity contribution is 5.79. The molecule has 214 valence electrons. The summed E-state index contributed by atoms with van der Waals surface area (Å²) in [5, 5.41) is 11.1. The van der Waals surface area contributed by atoms with Gasteiger partial charge in [-0.15, -0.1) is 0 Å². The van der Waals surface area contributed by atoms with Crippen LogP contribution in [0, 0.1) is 0 Å². The van der Waals surface area contributed by atoms with Crippen molar-refractivity contribution in [2.24, 2.45) is 0 Å². The quantitative estimate of drug-likeness (QED) is 0.175. The second kappa shape index (κ2) is 15.2. The largest absolute Gasteiger partial charge is 0.455 e. The molecule has 2 aromatic rings. The highest BCUT2D eigenvalue weighted by atomic mass is 16.6. The van der Waals surface area contributed by atoms with Crippen LogP contribution in [0.2, 0.25) is 0 Å². The van der Waals surface area contributed by atoms with Gasteiger partial charge in [-0.3, -0.25) is 4.79 Å². The zero-order valence-corrected chi connectivity index (χ0v) is 23.9. The third-order valence-electron chi connectivity index (χ3n) is 7.70. The summed E-state index contributed by atoms with van der Waals surface area (Å²) in [5.41, 5.74) is -0.0373. The Kier molecular flexibility index (Phi) is 12.0. The number of ether oxygens (including phenoxy) is 3. The van der Waals surface area contributed by atoms with E-state index in [1.807, 2.05) is 18.2 Å². The highest BCUT2D eigenvalue weighted by Crippen LogP contribution is 2.38. The van der Waals surface area contributed by atoms with Crippen molar-refractivity contribution in [2.45, 2.75) is 114 Å². The lowest BCUT2D eigenvalue weighted by molar-refractivity contribution is -0.177. The molecule has 0 unspecified atom stereocenters. The van der Waals surface area contributed by atoms with Crippen molar-refractivity contribution in [3.63, 3.8) is 0 Å². The minimum Gasteiger partial charge on any atom is -0.455 e. The van der Waals surface area contributed by atoms with E-state index in [2.05, 4.69) is 30.3 Å². The summed E-state index contributed by atoms with van der Waals surface area (Å²) in [4.78, 5) is 25.2. The number of carbonyl (C=O) groups is 2. The number of rotatable bonds is 17. The first-order valence-corrected chi connectivity index (χ1v) is 14.5. The van der Waals surface area contributed by atoms with E-state index in [-0.39, 0.29) is 12.8 Å². The minimum atomic E-state index is -1.09. The fraction of sp³-hybridized carbons (Fsp3) is 0.576. The molecular formula is C33H46O6. The maximum atomic E-state index is 12.9. The van der Waals surface area contributed by atoms with Crippen LogP contribution in [-0.2, 0) is 30.2 Å². The van der Waals surface area contributed by atoms with E-state index in [1.165, 1.54) is 44.8 Å². The summed E-state index contributed by atoms with van der Waals surface area (Å²) in [6.45, 7) is 3.52. The second-order valence-electron chi connectivity index (χ2n) is 11.4. The Bertz CT molecular complexity index is 1010. The zero-order valence-electron chi connectivity index (χ0n) is 23.9. The molecule has 0 aromatic heterocycles. The van der Waals surface area contributed by atoms with Crippen LogP contribution < -0.4 is 0 Å². The maximum Gasteiger partial charge on any atom is 0.340 e. The Hall–Kier alpha value is -2.70. The van der Waals surface area contributed by atoms with Crippen molar-refractivity contribution < 1.29 is 28.9 Å². The van der Waals surface area contributed by atoms with Crippen LogP contribution in [-0.4, -0.2) is 41.5 Å². The van der Waals surface area contributed by atoms with Gasteiger partial charge in [-0.2, -0.15) is 0 Å². The fourth-order valence-electron chi connectivity index (χ4n) is 5.63. The van der Waals surface area contributed by atoms with E-state index in [1.54, 1.807) is 26.0 Å². The molecule has 0 aliphatic carbocycles. The lowest BCUT2D eigenvalue weighted by Gasteiger charge is -2.36. The summed E-state index contributed by atoms with van der Waals surface area (Å²) in [7, 11) is 1.45. The van der Waals surface area contributed by atoms with E-state index in [9.17, 15) is 14.7 Å². The molecule has 0 saturated carbocycles. The van der Waals surface area contributed by atoms with Crippen molar-refractivity contribution in [1.29, 1.82) is 0 Å². The number of benzene rings is 2. The Morgan fingerprint density at radius 2 is 1.54 bits per heavy atom. The van der Waals surface area contributed by atoms with E-state index >= 15 is 0 Å². The molecule has 0 amide bonds. The summed E-state index contributed by atoms with van der Waals surface area (Å²) < 4.78 is 16.8. The molecule has 1 N–H and O–H groups in total. The van der Waals surface area contributed by atoms with Crippen molar-refractivity contribution in [3.05, 3.63) is 71.8 Å². The smallest absolute Gasteiger partial charge is 0.340 e. The molecule has 0 radical (unpaired) electrons. The van der Waals surface area contributed by atoms with Gasteiger partial charge in [-0.05, 0) is 44.2 Å². The number of esters is 2. The van der Waals surface area contributed by atoms with E-state index in [4.69, 9.17) is 14.2 Å². The Balaban J connectivity index is 1.36. The van der Waals surface area contributed by atoms with Gasteiger partial charge in [0.15, 0.2) is 12.2 Å². The third kappa shape index (κ3) is 10.1. The Labute approximate surface area is 234 Å². The Morgan fingerprint density at radius 3 is 2.15 bits per heavy atom. The molecule has 0 spiro atoms. The van der Waals surface area contributed by atoms with E-state index in [0.29, 0.717) is 12.0 Å². The normalized spacial score (nSPS) is 21.2. The van der Waals surface area contributed by atoms with Gasteiger partial charge < -0.3 is 19.3 Å². The number of unbranched alkanes of at least 4 members (excludes halogenated alkanes) is 7. The van der Waals surface area contributed by atoms with E-state index in [0.717, 1.165) is 25.7 Å². The van der Waals surface area contributed by atoms with Gasteiger partial charge in [0.2, 0.25) is 0 Å². The monoisotopic (exact) mass is 538 g/mol. The van der Waals surface area contributed by atoms with Gasteiger partial charge in [-0.25, -0.2) is 4.79 Å². The first kappa shape index (κ1) is 30.8. The number of hydrogen-bond donors (Lipinski definition) is 1. The summed E-state index contributed by atoms with van der Waals surface area (Å²) in [5.74, 6) is -0.999. The van der Waals surface area contributed by atoms with Crippen LogP contribution in [0.5, 0.6) is 0 Å². The molecule has 6 heteroatoms. The molecule has 1 saturated heterocycles. The average Bonchev–Trinajstić information content (AvgIpc) is 3.17. The molecule has 1 heterocycles. The van der Waals surface area contributed by atoms with Crippen LogP contribution in [0.25, 0.3) is 0 Å². The van der Waals surface area contributed by atoms with Crippen molar-refractivity contribution in [1.82, 2.24) is 0 Å². The molecule has 2 aromatic carbocycles. The summed E-state index contributed by atoms with van der Waals surface area (Å²) in [6, 6.07) is 19.8. The molecule has 0 bridgehead atoms. The molecule has 4 atom stereocenters. The lowest BCUT2D eigenvalue weighted by Crippen LogP contribution is -2.46. The third-order valence-corrected chi connectivity index (χ3v) is 7.70. The standard InChI is InChI=1S/C33H46O6/c1-32(36,23-17-9-7-5-4-6-8-12-18-26-19-13-10-14-20-26)25-33(2)28(24-29(34)39-33)38-31(35)30(37-3)27-21-15-11-16-22-27/h10-11,13-16,19-22,28,30,36H,4-9,12,17-18,23-25H2,1-3H3/t28-,30+,32+,33-/m1/s1. The van der Waals surface area contributed by atoms with Gasteiger partial charge in [0.05, 0.1) is 12.0 Å². The molecule has 1 aliphatic rings. The Morgan fingerprint density at radius 1 is 0.974 bits per heavy atom. The number of methoxy groups -OCH3 is 1. The summed E-state index contributed by atoms with van der Waals surface area (Å²) >= 11 is 0. The van der Waals surface area contributed by atoms with Crippen molar-refractivity contribution in [2.75, 3.05) is 7.11 Å². The molecule has 1 aliphatic heterocycles. The van der Waals surface area contributed by atoms with Gasteiger partial charge >= 0.3 is 11.9 Å². The number of aliphatic hydroxyl groups is 1. The van der Waals surface area contributed by atoms with Crippen molar-refractivity contribution >= 4 is 11.9 Å². The predicted octanol–water partition coefficient (Wildman–Crippen LogP) is 6.89. The predicted molar refractivity (Wildman–Crippen MR) is 152 cm³/mol. The maximum absolute atomic E-state index is 12.9. The molecule has 1 fully saturated rings. The van der Waals surface area contributed by atoms with Gasteiger partial charge in [0, 0.05) is 13.5 Å². The zero-order chi connectivity index (χ0) is 28.1. The van der Waals surface area contributed by atoms with Crippen LogP contribution in [0.1, 0.15) is 102 Å². The molecule has 6 nitrogen and oxygen atoms in total. The van der Waals surface area contributed by atoms with Gasteiger partial charge in [0.1, 0.15) is 5.60 Å². The SMILES string of the molecule is CO[C@H](C(=O)O[C@@H]1CC(=O)O[C@]1(C)C[C@@](C)(O)CCCCCCCCCCc1ccccc1)c1ccccc1. The lowest BCUT2D eigenvalue weighted by atomic mass is 9.82. The molecule has 3 rings (SSSR count). The van der Waals surface area contributed by atoms with Gasteiger partial charge in [0.25, 0.3) is 0 Å². The number of aryl methyl sites for hydroxylation is 1. The number of cyclic esters (lactones) is 1. The average molecular weight is 539 g/mol. The summed E-state index contributed by atoms with van der Waals surface area (Å²) in [6.07, 6.45) is 9.59. The first-order valence-electron chi connectivity index (χ1n) is 14.5. The molecule has 39 heavy (non-hydrogen) atoms. The number of hydrogen-bond acceptors (Lipinski definition) is 6. The van der Waals surface area contributed by atoms with Crippen LogP contribution in [0.3, 0.4) is 0 Å². The number of carbonyl (C=O) groups excluding carboxylic acids is 2. The topological polar surface area (TPSA) is 82.1 Å². The first-order chi connectivity index (χ1) is 18.7. The second-order valence-corrected chi connectivity index (χ2v) is 11.4. The van der Waals surface area contributed by atoms with Crippen LogP contribution >= 0.6 is 0 Å². The van der Waals surface area contributed by atoms with E-state index < -0.39 is 35.3 Å².